The molecule has 0 bridgehead atoms. The minimum atomic E-state index is 0.0339. The van der Waals surface area contributed by atoms with Crippen LogP contribution in [0.4, 0.5) is 5.69 Å². The molecule has 0 atom stereocenters. The van der Waals surface area contributed by atoms with E-state index in [1.165, 1.54) is 0 Å². The highest BCUT2D eigenvalue weighted by molar-refractivity contribution is 7.80. The van der Waals surface area contributed by atoms with Gasteiger partial charge in [-0.1, -0.05) is 18.3 Å². The third-order valence-corrected chi connectivity index (χ3v) is 3.02. The molecule has 0 radical (unpaired) electrons. The van der Waals surface area contributed by atoms with Crippen LogP contribution in [0.15, 0.2) is 18.2 Å². The van der Waals surface area contributed by atoms with Crippen LogP contribution in [0.5, 0.6) is 0 Å². The Morgan fingerprint density at radius 3 is 2.94 bits per heavy atom. The summed E-state index contributed by atoms with van der Waals surface area (Å²) in [6.45, 7) is 3.81. The summed E-state index contributed by atoms with van der Waals surface area (Å²) in [5, 5.41) is 2.80. The van der Waals surface area contributed by atoms with Gasteiger partial charge in [0.15, 0.2) is 0 Å². The Morgan fingerprint density at radius 2 is 2.29 bits per heavy atom. The lowest BCUT2D eigenvalue weighted by molar-refractivity contribution is -0.120. The summed E-state index contributed by atoms with van der Waals surface area (Å²) in [6, 6.07) is 5.91. The van der Waals surface area contributed by atoms with Crippen molar-refractivity contribution < 1.29 is 4.79 Å². The standard InChI is InChI=1S/C12H15N3OS/c1-8-2-3-9(12(13)17)10(6-8)15-5-4-14-11(16)7-15/h2-3,6H,4-5,7H2,1H3,(H2,13,17)(H,14,16). The molecule has 3 N–H and O–H groups in total. The predicted octanol–water partition coefficient (Wildman–Crippen LogP) is 0.565. The Morgan fingerprint density at radius 1 is 1.53 bits per heavy atom. The van der Waals surface area contributed by atoms with E-state index in [0.717, 1.165) is 23.4 Å². The van der Waals surface area contributed by atoms with E-state index in [4.69, 9.17) is 18.0 Å². The second kappa shape index (κ2) is 4.71. The summed E-state index contributed by atoms with van der Waals surface area (Å²) < 4.78 is 0. The number of rotatable bonds is 2. The molecule has 1 heterocycles. The van der Waals surface area contributed by atoms with Crippen molar-refractivity contribution >= 4 is 28.8 Å². The lowest BCUT2D eigenvalue weighted by Crippen LogP contribution is -2.48. The number of amides is 1. The molecule has 0 unspecified atom stereocenters. The number of nitrogens with zero attached hydrogens (tertiary/aromatic N) is 1. The van der Waals surface area contributed by atoms with Gasteiger partial charge in [0.05, 0.1) is 6.54 Å². The molecule has 0 spiro atoms. The van der Waals surface area contributed by atoms with Gasteiger partial charge in [-0.15, -0.1) is 0 Å². The molecular weight excluding hydrogens is 234 g/mol. The minimum Gasteiger partial charge on any atom is -0.389 e. The first-order valence-electron chi connectivity index (χ1n) is 5.50. The average Bonchev–Trinajstić information content (AvgIpc) is 2.28. The van der Waals surface area contributed by atoms with Crippen LogP contribution in [-0.2, 0) is 4.79 Å². The minimum absolute atomic E-state index is 0.0339. The number of thiocarbonyl (C=S) groups is 1. The Balaban J connectivity index is 2.38. The Hall–Kier alpha value is -1.62. The number of hydrogen-bond donors (Lipinski definition) is 2. The predicted molar refractivity (Wildman–Crippen MR) is 72.3 cm³/mol. The highest BCUT2D eigenvalue weighted by Gasteiger charge is 2.19. The van der Waals surface area contributed by atoms with E-state index in [1.807, 2.05) is 30.0 Å². The van der Waals surface area contributed by atoms with Gasteiger partial charge in [0, 0.05) is 24.3 Å². The van der Waals surface area contributed by atoms with E-state index in [9.17, 15) is 4.79 Å². The molecule has 1 aliphatic rings. The van der Waals surface area contributed by atoms with Crippen LogP contribution in [0.2, 0.25) is 0 Å². The van der Waals surface area contributed by atoms with Crippen molar-refractivity contribution in [1.82, 2.24) is 5.32 Å². The molecule has 5 heteroatoms. The van der Waals surface area contributed by atoms with Gasteiger partial charge in [0.1, 0.15) is 4.99 Å². The first kappa shape index (κ1) is 11.9. The van der Waals surface area contributed by atoms with Crippen molar-refractivity contribution in [2.24, 2.45) is 5.73 Å². The van der Waals surface area contributed by atoms with Crippen LogP contribution in [0.1, 0.15) is 11.1 Å². The molecule has 0 aromatic heterocycles. The van der Waals surface area contributed by atoms with Crippen molar-refractivity contribution in [2.45, 2.75) is 6.92 Å². The van der Waals surface area contributed by atoms with Gasteiger partial charge in [0.25, 0.3) is 0 Å². The SMILES string of the molecule is Cc1ccc(C(N)=S)c(N2CCNC(=O)C2)c1. The number of nitrogens with two attached hydrogens (primary N) is 1. The Labute approximate surface area is 106 Å². The molecule has 0 saturated carbocycles. The van der Waals surface area contributed by atoms with Crippen LogP contribution >= 0.6 is 12.2 Å². The third kappa shape index (κ3) is 2.55. The number of aryl methyl sites for hydroxylation is 1. The maximum atomic E-state index is 11.4. The number of piperazine rings is 1. The number of hydrogen-bond acceptors (Lipinski definition) is 3. The van der Waals surface area contributed by atoms with Gasteiger partial charge < -0.3 is 16.0 Å². The lowest BCUT2D eigenvalue weighted by Gasteiger charge is -2.30. The lowest BCUT2D eigenvalue weighted by atomic mass is 10.1. The molecule has 4 nitrogen and oxygen atoms in total. The van der Waals surface area contributed by atoms with E-state index in [1.54, 1.807) is 0 Å². The van der Waals surface area contributed by atoms with Gasteiger partial charge in [-0.2, -0.15) is 0 Å². The second-order valence-electron chi connectivity index (χ2n) is 4.16. The molecule has 1 aliphatic heterocycles. The van der Waals surface area contributed by atoms with Crippen molar-refractivity contribution in [3.8, 4) is 0 Å². The summed E-state index contributed by atoms with van der Waals surface area (Å²) in [5.74, 6) is 0.0339. The molecule has 1 amide bonds. The smallest absolute Gasteiger partial charge is 0.239 e. The van der Waals surface area contributed by atoms with Crippen molar-refractivity contribution in [2.75, 3.05) is 24.5 Å². The summed E-state index contributed by atoms with van der Waals surface area (Å²) in [7, 11) is 0. The molecule has 1 saturated heterocycles. The fourth-order valence-electron chi connectivity index (χ4n) is 1.96. The first-order chi connectivity index (χ1) is 8.08. The van der Waals surface area contributed by atoms with Crippen LogP contribution in [-0.4, -0.2) is 30.5 Å². The van der Waals surface area contributed by atoms with Gasteiger partial charge in [-0.05, 0) is 24.6 Å². The Kier molecular flexibility index (Phi) is 3.28. The maximum Gasteiger partial charge on any atom is 0.239 e. The fourth-order valence-corrected chi connectivity index (χ4v) is 2.13. The van der Waals surface area contributed by atoms with E-state index in [0.29, 0.717) is 18.1 Å². The molecule has 0 aliphatic carbocycles. The highest BCUT2D eigenvalue weighted by atomic mass is 32.1. The third-order valence-electron chi connectivity index (χ3n) is 2.80. The number of carbonyl (C=O) groups is 1. The van der Waals surface area contributed by atoms with Crippen molar-refractivity contribution in [3.05, 3.63) is 29.3 Å². The van der Waals surface area contributed by atoms with Gasteiger partial charge in [-0.3, -0.25) is 4.79 Å². The molecule has 1 aromatic carbocycles. The largest absolute Gasteiger partial charge is 0.389 e. The molecular formula is C12H15N3OS. The van der Waals surface area contributed by atoms with Gasteiger partial charge >= 0.3 is 0 Å². The van der Waals surface area contributed by atoms with Crippen LogP contribution < -0.4 is 16.0 Å². The topological polar surface area (TPSA) is 58.4 Å². The maximum absolute atomic E-state index is 11.4. The zero-order valence-electron chi connectivity index (χ0n) is 9.69. The molecule has 1 fully saturated rings. The van der Waals surface area contributed by atoms with E-state index in [-0.39, 0.29) is 5.91 Å². The summed E-state index contributed by atoms with van der Waals surface area (Å²) in [5.41, 5.74) is 8.63. The highest BCUT2D eigenvalue weighted by Crippen LogP contribution is 2.22. The zero-order chi connectivity index (χ0) is 12.4. The van der Waals surface area contributed by atoms with Crippen molar-refractivity contribution in [3.63, 3.8) is 0 Å². The number of nitrogens with one attached hydrogen (secondary N) is 1. The normalized spacial score (nSPS) is 15.6. The first-order valence-corrected chi connectivity index (χ1v) is 5.91. The number of anilines is 1. The van der Waals surface area contributed by atoms with Crippen molar-refractivity contribution in [1.29, 1.82) is 0 Å². The quantitative estimate of drug-likeness (QED) is 0.752. The van der Waals surface area contributed by atoms with Gasteiger partial charge in [-0.25, -0.2) is 0 Å². The van der Waals surface area contributed by atoms with E-state index in [2.05, 4.69) is 5.32 Å². The van der Waals surface area contributed by atoms with Crippen LogP contribution in [0.25, 0.3) is 0 Å². The van der Waals surface area contributed by atoms with E-state index < -0.39 is 0 Å². The molecule has 17 heavy (non-hydrogen) atoms. The number of carbonyl (C=O) groups excluding carboxylic acids is 1. The monoisotopic (exact) mass is 249 g/mol. The van der Waals surface area contributed by atoms with Gasteiger partial charge in [0.2, 0.25) is 5.91 Å². The second-order valence-corrected chi connectivity index (χ2v) is 4.60. The van der Waals surface area contributed by atoms with Crippen LogP contribution in [0.3, 0.4) is 0 Å². The van der Waals surface area contributed by atoms with E-state index >= 15 is 0 Å². The molecule has 2 rings (SSSR count). The number of benzene rings is 1. The molecule has 1 aromatic rings. The molecule has 90 valence electrons. The average molecular weight is 249 g/mol. The van der Waals surface area contributed by atoms with Crippen LogP contribution in [0, 0.1) is 6.92 Å². The Bertz CT molecular complexity index is 473. The fraction of sp³-hybridized carbons (Fsp3) is 0.333. The summed E-state index contributed by atoms with van der Waals surface area (Å²) >= 11 is 5.04. The summed E-state index contributed by atoms with van der Waals surface area (Å²) in [6.07, 6.45) is 0. The summed E-state index contributed by atoms with van der Waals surface area (Å²) in [4.78, 5) is 13.8. The zero-order valence-corrected chi connectivity index (χ0v) is 10.5.